The van der Waals surface area contributed by atoms with Crippen LogP contribution in [0.5, 0.6) is 0 Å². The molecule has 0 aliphatic heterocycles. The number of amides is 1. The summed E-state index contributed by atoms with van der Waals surface area (Å²) in [6.07, 6.45) is 7.27. The first-order chi connectivity index (χ1) is 11.2. The highest BCUT2D eigenvalue weighted by Gasteiger charge is 2.20. The molecule has 136 valence electrons. The van der Waals surface area contributed by atoms with Crippen molar-refractivity contribution in [3.8, 4) is 0 Å². The average Bonchev–Trinajstić information content (AvgIpc) is 2.53. The van der Waals surface area contributed by atoms with Gasteiger partial charge in [-0.15, -0.1) is 0 Å². The van der Waals surface area contributed by atoms with Gasteiger partial charge in [-0.1, -0.05) is 39.0 Å². The summed E-state index contributed by atoms with van der Waals surface area (Å²) in [4.78, 5) is 11.7. The van der Waals surface area contributed by atoms with Crippen molar-refractivity contribution < 1.29 is 19.0 Å². The van der Waals surface area contributed by atoms with E-state index in [1.807, 2.05) is 0 Å². The summed E-state index contributed by atoms with van der Waals surface area (Å²) in [7, 11) is 0. The standard InChI is InChI=1S/C17H34N2O4/c1-15-6-4-2-3-5-7-16(15)14-23-17(20)19-9-11-22-13-12-21-10-8-18/h15-16H,2-14,18H2,1H3,(H,19,20). The van der Waals surface area contributed by atoms with E-state index in [0.29, 0.717) is 58.0 Å². The molecule has 6 nitrogen and oxygen atoms in total. The molecule has 3 N–H and O–H groups in total. The highest BCUT2D eigenvalue weighted by molar-refractivity contribution is 5.67. The van der Waals surface area contributed by atoms with E-state index < -0.39 is 0 Å². The Hall–Kier alpha value is -0.850. The number of nitrogens with two attached hydrogens (primary N) is 1. The molecule has 2 unspecified atom stereocenters. The Labute approximate surface area is 140 Å². The van der Waals surface area contributed by atoms with Gasteiger partial charge in [-0.2, -0.15) is 0 Å². The van der Waals surface area contributed by atoms with Gasteiger partial charge >= 0.3 is 6.09 Å². The summed E-state index contributed by atoms with van der Waals surface area (Å²) in [5.74, 6) is 1.14. The number of carbonyl (C=O) groups is 1. The van der Waals surface area contributed by atoms with Crippen LogP contribution >= 0.6 is 0 Å². The van der Waals surface area contributed by atoms with Crippen molar-refractivity contribution >= 4 is 6.09 Å². The zero-order chi connectivity index (χ0) is 16.8. The minimum atomic E-state index is -0.345. The second kappa shape index (κ2) is 13.6. The van der Waals surface area contributed by atoms with E-state index in [0.717, 1.165) is 0 Å². The summed E-state index contributed by atoms with van der Waals surface area (Å²) < 4.78 is 15.9. The van der Waals surface area contributed by atoms with E-state index in [4.69, 9.17) is 19.9 Å². The number of rotatable bonds is 10. The van der Waals surface area contributed by atoms with Gasteiger partial charge in [0.2, 0.25) is 0 Å². The number of carbonyl (C=O) groups excluding carboxylic acids is 1. The zero-order valence-electron chi connectivity index (χ0n) is 14.6. The summed E-state index contributed by atoms with van der Waals surface area (Å²) in [5.41, 5.74) is 5.30. The van der Waals surface area contributed by atoms with Crippen molar-refractivity contribution in [2.24, 2.45) is 17.6 Å². The zero-order valence-corrected chi connectivity index (χ0v) is 14.6. The van der Waals surface area contributed by atoms with Gasteiger partial charge in [0.15, 0.2) is 0 Å². The van der Waals surface area contributed by atoms with Crippen LogP contribution in [0.1, 0.15) is 45.4 Å². The molecule has 1 rings (SSSR count). The minimum absolute atomic E-state index is 0.345. The fourth-order valence-corrected chi connectivity index (χ4v) is 2.86. The van der Waals surface area contributed by atoms with Crippen molar-refractivity contribution in [3.05, 3.63) is 0 Å². The molecule has 1 fully saturated rings. The Balaban J connectivity index is 2.00. The lowest BCUT2D eigenvalue weighted by Crippen LogP contribution is -2.31. The van der Waals surface area contributed by atoms with E-state index >= 15 is 0 Å². The summed E-state index contributed by atoms with van der Waals surface area (Å²) in [6, 6.07) is 0. The first kappa shape index (κ1) is 20.2. The number of ether oxygens (including phenoxy) is 3. The normalized spacial score (nSPS) is 22.2. The van der Waals surface area contributed by atoms with Gasteiger partial charge in [-0.05, 0) is 18.3 Å². The smallest absolute Gasteiger partial charge is 0.407 e. The maximum atomic E-state index is 11.7. The van der Waals surface area contributed by atoms with Crippen LogP contribution in [0.2, 0.25) is 0 Å². The van der Waals surface area contributed by atoms with Crippen molar-refractivity contribution in [1.29, 1.82) is 0 Å². The largest absolute Gasteiger partial charge is 0.449 e. The highest BCUT2D eigenvalue weighted by Crippen LogP contribution is 2.27. The van der Waals surface area contributed by atoms with Gasteiger partial charge in [0.05, 0.1) is 33.0 Å². The van der Waals surface area contributed by atoms with E-state index in [9.17, 15) is 4.79 Å². The third-order valence-electron chi connectivity index (χ3n) is 4.37. The van der Waals surface area contributed by atoms with E-state index in [1.54, 1.807) is 0 Å². The van der Waals surface area contributed by atoms with Crippen LogP contribution in [-0.2, 0) is 14.2 Å². The number of hydrogen-bond donors (Lipinski definition) is 2. The molecule has 6 heteroatoms. The lowest BCUT2D eigenvalue weighted by atomic mass is 9.83. The lowest BCUT2D eigenvalue weighted by molar-refractivity contribution is 0.0504. The molecule has 0 saturated heterocycles. The van der Waals surface area contributed by atoms with Gasteiger partial charge in [-0.25, -0.2) is 4.79 Å². The molecule has 2 atom stereocenters. The maximum absolute atomic E-state index is 11.7. The quantitative estimate of drug-likeness (QED) is 0.601. The molecule has 1 aliphatic carbocycles. The van der Waals surface area contributed by atoms with Crippen molar-refractivity contribution in [3.63, 3.8) is 0 Å². The number of nitrogens with one attached hydrogen (secondary N) is 1. The van der Waals surface area contributed by atoms with Crippen LogP contribution in [-0.4, -0.2) is 52.2 Å². The molecular weight excluding hydrogens is 296 g/mol. The molecule has 1 aliphatic rings. The molecule has 0 radical (unpaired) electrons. The van der Waals surface area contributed by atoms with Gasteiger partial charge in [-0.3, -0.25) is 0 Å². The predicted octanol–water partition coefficient (Wildman–Crippen LogP) is 2.31. The maximum Gasteiger partial charge on any atom is 0.407 e. The molecule has 0 aromatic rings. The topological polar surface area (TPSA) is 82.8 Å². The van der Waals surface area contributed by atoms with E-state index in [-0.39, 0.29) is 6.09 Å². The number of hydrogen-bond acceptors (Lipinski definition) is 5. The van der Waals surface area contributed by atoms with Gasteiger partial charge in [0.25, 0.3) is 0 Å². The molecule has 23 heavy (non-hydrogen) atoms. The Morgan fingerprint density at radius 1 is 1.04 bits per heavy atom. The molecule has 0 bridgehead atoms. The van der Waals surface area contributed by atoms with Crippen LogP contribution < -0.4 is 11.1 Å². The first-order valence-electron chi connectivity index (χ1n) is 9.00. The lowest BCUT2D eigenvalue weighted by Gasteiger charge is -2.26. The molecule has 1 amide bonds. The van der Waals surface area contributed by atoms with Crippen LogP contribution in [0.15, 0.2) is 0 Å². The molecule has 0 aromatic heterocycles. The van der Waals surface area contributed by atoms with Crippen LogP contribution in [0.3, 0.4) is 0 Å². The molecule has 0 spiro atoms. The van der Waals surface area contributed by atoms with Crippen LogP contribution in [0, 0.1) is 11.8 Å². The van der Waals surface area contributed by atoms with Crippen LogP contribution in [0.4, 0.5) is 4.79 Å². The SMILES string of the molecule is CC1CCCCCCC1COC(=O)NCCOCCOCCN. The van der Waals surface area contributed by atoms with Gasteiger partial charge in [0.1, 0.15) is 0 Å². The monoisotopic (exact) mass is 330 g/mol. The first-order valence-corrected chi connectivity index (χ1v) is 9.00. The third kappa shape index (κ3) is 10.5. The summed E-state index contributed by atoms with van der Waals surface area (Å²) in [6.45, 7) is 5.83. The Bertz CT molecular complexity index is 302. The molecule has 0 aromatic carbocycles. The second-order valence-corrected chi connectivity index (χ2v) is 6.27. The predicted molar refractivity (Wildman–Crippen MR) is 90.4 cm³/mol. The van der Waals surface area contributed by atoms with Gasteiger partial charge in [0, 0.05) is 13.1 Å². The summed E-state index contributed by atoms with van der Waals surface area (Å²) >= 11 is 0. The Kier molecular flexibility index (Phi) is 11.9. The van der Waals surface area contributed by atoms with Crippen LogP contribution in [0.25, 0.3) is 0 Å². The second-order valence-electron chi connectivity index (χ2n) is 6.27. The Morgan fingerprint density at radius 3 is 2.48 bits per heavy atom. The van der Waals surface area contributed by atoms with Crippen molar-refractivity contribution in [2.45, 2.75) is 45.4 Å². The molecular formula is C17H34N2O4. The van der Waals surface area contributed by atoms with E-state index in [1.165, 1.54) is 38.5 Å². The molecule has 1 saturated carbocycles. The van der Waals surface area contributed by atoms with Gasteiger partial charge < -0.3 is 25.3 Å². The third-order valence-corrected chi connectivity index (χ3v) is 4.37. The Morgan fingerprint density at radius 2 is 1.74 bits per heavy atom. The fourth-order valence-electron chi connectivity index (χ4n) is 2.86. The fraction of sp³-hybridized carbons (Fsp3) is 0.941. The number of alkyl carbamates (subject to hydrolysis) is 1. The minimum Gasteiger partial charge on any atom is -0.449 e. The van der Waals surface area contributed by atoms with Crippen molar-refractivity contribution in [1.82, 2.24) is 5.32 Å². The highest BCUT2D eigenvalue weighted by atomic mass is 16.5. The molecule has 0 heterocycles. The average molecular weight is 330 g/mol. The van der Waals surface area contributed by atoms with E-state index in [2.05, 4.69) is 12.2 Å². The summed E-state index contributed by atoms with van der Waals surface area (Å²) in [5, 5.41) is 2.72. The van der Waals surface area contributed by atoms with Crippen molar-refractivity contribution in [2.75, 3.05) is 46.1 Å².